The van der Waals surface area contributed by atoms with Gasteiger partial charge in [-0.3, -0.25) is 4.79 Å². The van der Waals surface area contributed by atoms with Gasteiger partial charge >= 0.3 is 0 Å². The van der Waals surface area contributed by atoms with E-state index in [1.54, 1.807) is 11.8 Å². The van der Waals surface area contributed by atoms with E-state index in [0.717, 1.165) is 47.6 Å². The average molecular weight is 338 g/mol. The Labute approximate surface area is 148 Å². The van der Waals surface area contributed by atoms with Crippen molar-refractivity contribution in [2.75, 3.05) is 6.54 Å². The van der Waals surface area contributed by atoms with E-state index in [1.807, 2.05) is 48.5 Å². The summed E-state index contributed by atoms with van der Waals surface area (Å²) in [6.07, 6.45) is 3.30. The number of rotatable bonds is 8. The quantitative estimate of drug-likeness (QED) is 0.557. The van der Waals surface area contributed by atoms with Gasteiger partial charge in [0.2, 0.25) is 0 Å². The topological polar surface area (TPSA) is 52.9 Å². The zero-order valence-corrected chi connectivity index (χ0v) is 14.7. The monoisotopic (exact) mass is 338 g/mol. The Morgan fingerprint density at radius 1 is 1.12 bits per heavy atom. The molecule has 0 aromatic heterocycles. The number of thioether (sulfide) groups is 1. The SMILES string of the molecule is CCCCCNC(=O)c1ccccc1SCc1ccc(C#N)cc1. The van der Waals surface area contributed by atoms with Crippen LogP contribution in [-0.4, -0.2) is 12.5 Å². The molecule has 24 heavy (non-hydrogen) atoms. The molecule has 1 N–H and O–H groups in total. The zero-order valence-electron chi connectivity index (χ0n) is 13.9. The summed E-state index contributed by atoms with van der Waals surface area (Å²) in [6.45, 7) is 2.87. The lowest BCUT2D eigenvalue weighted by atomic mass is 10.2. The second kappa shape index (κ2) is 9.79. The first-order valence-corrected chi connectivity index (χ1v) is 9.22. The normalized spacial score (nSPS) is 10.2. The molecule has 0 aliphatic rings. The standard InChI is InChI=1S/C20H22N2OS/c1-2-3-6-13-22-20(23)18-7-4-5-8-19(18)24-15-17-11-9-16(14-21)10-12-17/h4-5,7-12H,2-3,6,13,15H2,1H3,(H,22,23). The average Bonchev–Trinajstić information content (AvgIpc) is 2.64. The predicted molar refractivity (Wildman–Crippen MR) is 99.0 cm³/mol. The molecule has 0 unspecified atom stereocenters. The summed E-state index contributed by atoms with van der Waals surface area (Å²) < 4.78 is 0. The van der Waals surface area contributed by atoms with Crippen molar-refractivity contribution in [3.8, 4) is 6.07 Å². The zero-order chi connectivity index (χ0) is 17.2. The Bertz CT molecular complexity index is 704. The number of benzene rings is 2. The summed E-state index contributed by atoms with van der Waals surface area (Å²) in [4.78, 5) is 13.3. The first kappa shape index (κ1) is 18.1. The van der Waals surface area contributed by atoms with Gasteiger partial charge < -0.3 is 5.32 Å². The number of carbonyl (C=O) groups excluding carboxylic acids is 1. The van der Waals surface area contributed by atoms with Gasteiger partial charge in [-0.25, -0.2) is 0 Å². The second-order valence-electron chi connectivity index (χ2n) is 5.56. The van der Waals surface area contributed by atoms with E-state index in [0.29, 0.717) is 5.56 Å². The molecule has 4 heteroatoms. The van der Waals surface area contributed by atoms with Crippen LogP contribution in [0.4, 0.5) is 0 Å². The van der Waals surface area contributed by atoms with Crippen LogP contribution in [0.1, 0.15) is 47.7 Å². The molecule has 2 aromatic carbocycles. The number of nitrogens with one attached hydrogen (secondary N) is 1. The molecule has 2 rings (SSSR count). The van der Waals surface area contributed by atoms with Gasteiger partial charge in [0.05, 0.1) is 17.2 Å². The van der Waals surface area contributed by atoms with Crippen molar-refractivity contribution in [1.82, 2.24) is 5.32 Å². The van der Waals surface area contributed by atoms with E-state index in [-0.39, 0.29) is 5.91 Å². The van der Waals surface area contributed by atoms with Gasteiger partial charge in [-0.15, -0.1) is 11.8 Å². The number of unbranched alkanes of at least 4 members (excludes halogenated alkanes) is 2. The highest BCUT2D eigenvalue weighted by Crippen LogP contribution is 2.26. The Hall–Kier alpha value is -2.25. The maximum Gasteiger partial charge on any atom is 0.252 e. The summed E-state index contributed by atoms with van der Waals surface area (Å²) in [5.41, 5.74) is 2.53. The first-order valence-electron chi connectivity index (χ1n) is 8.23. The van der Waals surface area contributed by atoms with Crippen LogP contribution < -0.4 is 5.32 Å². The number of hydrogen-bond acceptors (Lipinski definition) is 3. The van der Waals surface area contributed by atoms with Gasteiger partial charge in [0.15, 0.2) is 0 Å². The van der Waals surface area contributed by atoms with E-state index < -0.39 is 0 Å². The lowest BCUT2D eigenvalue weighted by Crippen LogP contribution is -2.24. The van der Waals surface area contributed by atoms with Crippen LogP contribution in [0, 0.1) is 11.3 Å². The lowest BCUT2D eigenvalue weighted by molar-refractivity contribution is 0.0950. The fourth-order valence-corrected chi connectivity index (χ4v) is 3.29. The summed E-state index contributed by atoms with van der Waals surface area (Å²) in [5.74, 6) is 0.764. The van der Waals surface area contributed by atoms with Gasteiger partial charge in [0.25, 0.3) is 5.91 Å². The van der Waals surface area contributed by atoms with E-state index in [9.17, 15) is 4.79 Å². The third kappa shape index (κ3) is 5.43. The van der Waals surface area contributed by atoms with Gasteiger partial charge in [-0.1, -0.05) is 44.0 Å². The maximum absolute atomic E-state index is 12.4. The highest BCUT2D eigenvalue weighted by Gasteiger charge is 2.10. The highest BCUT2D eigenvalue weighted by molar-refractivity contribution is 7.98. The molecule has 0 radical (unpaired) electrons. The van der Waals surface area contributed by atoms with Crippen molar-refractivity contribution in [3.63, 3.8) is 0 Å². The minimum Gasteiger partial charge on any atom is -0.352 e. The van der Waals surface area contributed by atoms with Gasteiger partial charge in [-0.05, 0) is 36.2 Å². The molecule has 2 aromatic rings. The molecule has 0 aliphatic heterocycles. The molecular formula is C20H22N2OS. The number of nitrogens with zero attached hydrogens (tertiary/aromatic N) is 1. The summed E-state index contributed by atoms with van der Waals surface area (Å²) in [7, 11) is 0. The Kier molecular flexibility index (Phi) is 7.38. The van der Waals surface area contributed by atoms with Crippen LogP contribution in [0.25, 0.3) is 0 Å². The van der Waals surface area contributed by atoms with E-state index in [2.05, 4.69) is 18.3 Å². The number of nitriles is 1. The summed E-state index contributed by atoms with van der Waals surface area (Å²) >= 11 is 1.64. The molecule has 0 atom stereocenters. The van der Waals surface area contributed by atoms with Crippen molar-refractivity contribution in [2.24, 2.45) is 0 Å². The van der Waals surface area contributed by atoms with Crippen LogP contribution in [0.3, 0.4) is 0 Å². The molecule has 0 saturated carbocycles. The molecule has 0 heterocycles. The van der Waals surface area contributed by atoms with Crippen molar-refractivity contribution < 1.29 is 4.79 Å². The molecule has 0 saturated heterocycles. The maximum atomic E-state index is 12.4. The van der Waals surface area contributed by atoms with Gasteiger partial charge in [0.1, 0.15) is 0 Å². The Morgan fingerprint density at radius 2 is 1.88 bits per heavy atom. The van der Waals surface area contributed by atoms with Crippen molar-refractivity contribution in [2.45, 2.75) is 36.8 Å². The van der Waals surface area contributed by atoms with Crippen LogP contribution in [-0.2, 0) is 5.75 Å². The largest absolute Gasteiger partial charge is 0.352 e. The smallest absolute Gasteiger partial charge is 0.252 e. The summed E-state index contributed by atoms with van der Waals surface area (Å²) in [6, 6.07) is 17.4. The van der Waals surface area contributed by atoms with Gasteiger partial charge in [-0.2, -0.15) is 5.26 Å². The minimum atomic E-state index is -0.00553. The lowest BCUT2D eigenvalue weighted by Gasteiger charge is -2.10. The second-order valence-corrected chi connectivity index (χ2v) is 6.57. The predicted octanol–water partition coefficient (Wildman–Crippen LogP) is 4.77. The Balaban J connectivity index is 1.97. The molecule has 1 amide bonds. The highest BCUT2D eigenvalue weighted by atomic mass is 32.2. The third-order valence-electron chi connectivity index (χ3n) is 3.67. The van der Waals surface area contributed by atoms with Crippen molar-refractivity contribution in [3.05, 3.63) is 65.2 Å². The fourth-order valence-electron chi connectivity index (χ4n) is 2.29. The number of amides is 1. The Morgan fingerprint density at radius 3 is 2.58 bits per heavy atom. The molecule has 0 bridgehead atoms. The van der Waals surface area contributed by atoms with E-state index in [1.165, 1.54) is 0 Å². The van der Waals surface area contributed by atoms with Crippen molar-refractivity contribution in [1.29, 1.82) is 5.26 Å². The fraction of sp³-hybridized carbons (Fsp3) is 0.300. The molecule has 124 valence electrons. The minimum absolute atomic E-state index is 0.00553. The van der Waals surface area contributed by atoms with Crippen LogP contribution in [0.2, 0.25) is 0 Å². The first-order chi connectivity index (χ1) is 11.7. The number of hydrogen-bond donors (Lipinski definition) is 1. The van der Waals surface area contributed by atoms with Gasteiger partial charge in [0, 0.05) is 17.2 Å². The molecule has 0 spiro atoms. The van der Waals surface area contributed by atoms with Crippen molar-refractivity contribution >= 4 is 17.7 Å². The molecule has 3 nitrogen and oxygen atoms in total. The van der Waals surface area contributed by atoms with Crippen LogP contribution >= 0.6 is 11.8 Å². The van der Waals surface area contributed by atoms with Crippen LogP contribution in [0.15, 0.2) is 53.4 Å². The van der Waals surface area contributed by atoms with Crippen LogP contribution in [0.5, 0.6) is 0 Å². The molecular weight excluding hydrogens is 316 g/mol. The summed E-state index contributed by atoms with van der Waals surface area (Å²) in [5, 5.41) is 11.8. The van der Waals surface area contributed by atoms with E-state index in [4.69, 9.17) is 5.26 Å². The van der Waals surface area contributed by atoms with E-state index >= 15 is 0 Å². The third-order valence-corrected chi connectivity index (χ3v) is 4.82. The molecule has 0 aliphatic carbocycles. The number of carbonyl (C=O) groups is 1. The molecule has 0 fully saturated rings.